The van der Waals surface area contributed by atoms with Crippen molar-refractivity contribution in [2.75, 3.05) is 13.6 Å². The summed E-state index contributed by atoms with van der Waals surface area (Å²) in [5.74, 6) is 0. The molecular formula is C9H10ClF3N2. The van der Waals surface area contributed by atoms with E-state index in [1.54, 1.807) is 12.1 Å². The molecule has 0 spiro atoms. The minimum absolute atomic E-state index is 0.131. The molecule has 0 unspecified atom stereocenters. The first-order chi connectivity index (χ1) is 6.88. The highest BCUT2D eigenvalue weighted by Gasteiger charge is 2.29. The van der Waals surface area contributed by atoms with Crippen LogP contribution in [0.4, 0.5) is 13.2 Å². The van der Waals surface area contributed by atoms with Crippen molar-refractivity contribution in [3.8, 4) is 0 Å². The maximum Gasteiger partial charge on any atom is 0.401 e. The number of pyridine rings is 1. The summed E-state index contributed by atoms with van der Waals surface area (Å²) in [7, 11) is 1.39. The fraction of sp³-hybridized carbons (Fsp3) is 0.444. The number of halogens is 4. The second-order valence-corrected chi connectivity index (χ2v) is 3.60. The molecule has 1 heterocycles. The predicted molar refractivity (Wildman–Crippen MR) is 51.6 cm³/mol. The van der Waals surface area contributed by atoms with Crippen LogP contribution in [0.1, 0.15) is 5.56 Å². The molecule has 1 aromatic rings. The standard InChI is InChI=1S/C9H10ClF3N2/c1-15(6-9(11,12)13)5-7-3-2-4-14-8(7)10/h2-4H,5-6H2,1H3. The lowest BCUT2D eigenvalue weighted by atomic mass is 10.2. The van der Waals surface area contributed by atoms with Crippen LogP contribution in [0.25, 0.3) is 0 Å². The third-order valence-corrected chi connectivity index (χ3v) is 2.07. The van der Waals surface area contributed by atoms with Crippen LogP contribution in [-0.4, -0.2) is 29.7 Å². The van der Waals surface area contributed by atoms with Gasteiger partial charge in [-0.15, -0.1) is 0 Å². The SMILES string of the molecule is CN(Cc1cccnc1Cl)CC(F)(F)F. The molecule has 0 bridgehead atoms. The van der Waals surface area contributed by atoms with Gasteiger partial charge in [-0.3, -0.25) is 4.90 Å². The molecule has 0 amide bonds. The molecule has 0 aromatic carbocycles. The van der Waals surface area contributed by atoms with Gasteiger partial charge >= 0.3 is 6.18 Å². The zero-order valence-corrected chi connectivity index (χ0v) is 8.81. The van der Waals surface area contributed by atoms with E-state index in [9.17, 15) is 13.2 Å². The molecule has 0 aliphatic rings. The third-order valence-electron chi connectivity index (χ3n) is 1.73. The molecule has 84 valence electrons. The molecule has 6 heteroatoms. The van der Waals surface area contributed by atoms with E-state index in [4.69, 9.17) is 11.6 Å². The van der Waals surface area contributed by atoms with Crippen molar-refractivity contribution < 1.29 is 13.2 Å². The Hall–Kier alpha value is -0.810. The van der Waals surface area contributed by atoms with Crippen molar-refractivity contribution in [1.82, 2.24) is 9.88 Å². The summed E-state index contributed by atoms with van der Waals surface area (Å²) < 4.78 is 36.1. The van der Waals surface area contributed by atoms with Gasteiger partial charge in [-0.1, -0.05) is 17.7 Å². The number of hydrogen-bond acceptors (Lipinski definition) is 2. The highest BCUT2D eigenvalue weighted by atomic mass is 35.5. The Kier molecular flexibility index (Phi) is 3.93. The molecule has 0 saturated heterocycles. The van der Waals surface area contributed by atoms with Gasteiger partial charge < -0.3 is 0 Å². The third kappa shape index (κ3) is 4.48. The van der Waals surface area contributed by atoms with Gasteiger partial charge in [-0.25, -0.2) is 4.98 Å². The second kappa shape index (κ2) is 4.81. The molecule has 0 saturated carbocycles. The fourth-order valence-corrected chi connectivity index (χ4v) is 1.37. The summed E-state index contributed by atoms with van der Waals surface area (Å²) in [6.07, 6.45) is -2.70. The van der Waals surface area contributed by atoms with Crippen molar-refractivity contribution in [2.45, 2.75) is 12.7 Å². The van der Waals surface area contributed by atoms with Gasteiger partial charge in [0.15, 0.2) is 0 Å². The van der Waals surface area contributed by atoms with Crippen LogP contribution >= 0.6 is 11.6 Å². The van der Waals surface area contributed by atoms with Crippen molar-refractivity contribution in [1.29, 1.82) is 0 Å². The van der Waals surface area contributed by atoms with Crippen LogP contribution in [0.5, 0.6) is 0 Å². The number of rotatable bonds is 3. The summed E-state index contributed by atoms with van der Waals surface area (Å²) in [4.78, 5) is 4.93. The maximum absolute atomic E-state index is 12.0. The Morgan fingerprint density at radius 3 is 2.67 bits per heavy atom. The van der Waals surface area contributed by atoms with Gasteiger partial charge in [-0.2, -0.15) is 13.2 Å². The average molecular weight is 239 g/mol. The normalized spacial score (nSPS) is 12.1. The van der Waals surface area contributed by atoms with E-state index < -0.39 is 12.7 Å². The first-order valence-electron chi connectivity index (χ1n) is 4.23. The smallest absolute Gasteiger partial charge is 0.294 e. The molecule has 0 aliphatic heterocycles. The molecule has 15 heavy (non-hydrogen) atoms. The highest BCUT2D eigenvalue weighted by molar-refractivity contribution is 6.30. The van der Waals surface area contributed by atoms with E-state index in [0.717, 1.165) is 4.90 Å². The zero-order valence-electron chi connectivity index (χ0n) is 8.05. The van der Waals surface area contributed by atoms with Crippen LogP contribution in [0.2, 0.25) is 5.15 Å². The van der Waals surface area contributed by atoms with Crippen LogP contribution < -0.4 is 0 Å². The van der Waals surface area contributed by atoms with E-state index in [1.807, 2.05) is 0 Å². The summed E-state index contributed by atoms with van der Waals surface area (Å²) in [6.45, 7) is -0.829. The van der Waals surface area contributed by atoms with E-state index in [0.29, 0.717) is 5.56 Å². The van der Waals surface area contributed by atoms with E-state index in [-0.39, 0.29) is 11.7 Å². The van der Waals surface area contributed by atoms with Gasteiger partial charge in [-0.05, 0) is 13.1 Å². The summed E-state index contributed by atoms with van der Waals surface area (Å²) in [5.41, 5.74) is 0.589. The summed E-state index contributed by atoms with van der Waals surface area (Å²) in [5, 5.41) is 0.242. The Bertz CT molecular complexity index is 327. The van der Waals surface area contributed by atoms with Crippen LogP contribution in [0.15, 0.2) is 18.3 Å². The minimum atomic E-state index is -4.19. The van der Waals surface area contributed by atoms with Crippen molar-refractivity contribution in [3.63, 3.8) is 0 Å². The Morgan fingerprint density at radius 1 is 1.47 bits per heavy atom. The lowest BCUT2D eigenvalue weighted by Crippen LogP contribution is -2.30. The predicted octanol–water partition coefficient (Wildman–Crippen LogP) is 2.73. The Balaban J connectivity index is 2.59. The number of aromatic nitrogens is 1. The number of nitrogens with zero attached hydrogens (tertiary/aromatic N) is 2. The van der Waals surface area contributed by atoms with Gasteiger partial charge in [0.25, 0.3) is 0 Å². The summed E-state index contributed by atoms with van der Waals surface area (Å²) >= 11 is 5.72. The largest absolute Gasteiger partial charge is 0.401 e. The molecule has 1 rings (SSSR count). The lowest BCUT2D eigenvalue weighted by molar-refractivity contribution is -0.144. The van der Waals surface area contributed by atoms with Crippen molar-refractivity contribution in [2.24, 2.45) is 0 Å². The number of alkyl halides is 3. The molecule has 0 atom stereocenters. The fourth-order valence-electron chi connectivity index (χ4n) is 1.19. The average Bonchev–Trinajstić information content (AvgIpc) is 2.05. The zero-order chi connectivity index (χ0) is 11.5. The van der Waals surface area contributed by atoms with Gasteiger partial charge in [0, 0.05) is 18.3 Å². The van der Waals surface area contributed by atoms with Gasteiger partial charge in [0.05, 0.1) is 6.54 Å². The molecule has 0 aliphatic carbocycles. The topological polar surface area (TPSA) is 16.1 Å². The molecule has 2 nitrogen and oxygen atoms in total. The molecule has 0 fully saturated rings. The van der Waals surface area contributed by atoms with E-state index >= 15 is 0 Å². The van der Waals surface area contributed by atoms with Crippen molar-refractivity contribution in [3.05, 3.63) is 29.0 Å². The molecule has 0 radical (unpaired) electrons. The molecule has 1 aromatic heterocycles. The van der Waals surface area contributed by atoms with Crippen LogP contribution in [0, 0.1) is 0 Å². The highest BCUT2D eigenvalue weighted by Crippen LogP contribution is 2.18. The quantitative estimate of drug-likeness (QED) is 0.753. The Morgan fingerprint density at radius 2 is 2.13 bits per heavy atom. The molecular weight excluding hydrogens is 229 g/mol. The van der Waals surface area contributed by atoms with Crippen LogP contribution in [-0.2, 0) is 6.54 Å². The lowest BCUT2D eigenvalue weighted by Gasteiger charge is -2.18. The van der Waals surface area contributed by atoms with Crippen LogP contribution in [0.3, 0.4) is 0 Å². The Labute approximate surface area is 90.7 Å². The first-order valence-corrected chi connectivity index (χ1v) is 4.61. The van der Waals surface area contributed by atoms with Gasteiger partial charge in [0.1, 0.15) is 5.15 Å². The van der Waals surface area contributed by atoms with Gasteiger partial charge in [0.2, 0.25) is 0 Å². The molecule has 0 N–H and O–H groups in total. The first kappa shape index (κ1) is 12.3. The summed E-state index contributed by atoms with van der Waals surface area (Å²) in [6, 6.07) is 3.30. The van der Waals surface area contributed by atoms with E-state index in [1.165, 1.54) is 13.2 Å². The maximum atomic E-state index is 12.0. The monoisotopic (exact) mass is 238 g/mol. The number of hydrogen-bond donors (Lipinski definition) is 0. The van der Waals surface area contributed by atoms with Crippen molar-refractivity contribution >= 4 is 11.6 Å². The second-order valence-electron chi connectivity index (χ2n) is 3.24. The van der Waals surface area contributed by atoms with E-state index in [2.05, 4.69) is 4.98 Å². The minimum Gasteiger partial charge on any atom is -0.294 e.